The molecule has 2 aromatic carbocycles. The van der Waals surface area contributed by atoms with Crippen LogP contribution in [0.1, 0.15) is 12.3 Å². The summed E-state index contributed by atoms with van der Waals surface area (Å²) in [5, 5.41) is 4.84. The lowest BCUT2D eigenvalue weighted by Crippen LogP contribution is -2.12. The lowest BCUT2D eigenvalue weighted by molar-refractivity contribution is -0.116. The lowest BCUT2D eigenvalue weighted by Gasteiger charge is -2.01. The summed E-state index contributed by atoms with van der Waals surface area (Å²) in [5.74, 6) is -2.01. The molecular weight excluding hydrogens is 415 g/mol. The van der Waals surface area contributed by atoms with Crippen molar-refractivity contribution in [3.05, 3.63) is 77.4 Å². The first kappa shape index (κ1) is 19.8. The van der Waals surface area contributed by atoms with E-state index in [-0.39, 0.29) is 41.8 Å². The molecule has 0 saturated carbocycles. The number of amides is 1. The van der Waals surface area contributed by atoms with Crippen LogP contribution in [0.5, 0.6) is 0 Å². The molecule has 2 heterocycles. The van der Waals surface area contributed by atoms with E-state index in [0.717, 1.165) is 17.7 Å². The number of halogens is 3. The van der Waals surface area contributed by atoms with Crippen molar-refractivity contribution in [3.63, 3.8) is 0 Å². The molecule has 0 atom stereocenters. The normalized spacial score (nSPS) is 10.9. The van der Waals surface area contributed by atoms with Crippen LogP contribution in [-0.2, 0) is 11.2 Å². The van der Waals surface area contributed by atoms with Crippen LogP contribution in [0.4, 0.5) is 18.3 Å². The molecule has 0 aliphatic heterocycles. The molecule has 1 N–H and O–H groups in total. The van der Waals surface area contributed by atoms with Crippen LogP contribution in [0.3, 0.4) is 0 Å². The van der Waals surface area contributed by atoms with Crippen molar-refractivity contribution in [2.24, 2.45) is 0 Å². The van der Waals surface area contributed by atoms with Gasteiger partial charge in [0.15, 0.2) is 16.8 Å². The van der Waals surface area contributed by atoms with Crippen LogP contribution in [0, 0.1) is 17.5 Å². The van der Waals surface area contributed by atoms with Crippen LogP contribution < -0.4 is 5.32 Å². The molecule has 0 bridgehead atoms. The predicted molar refractivity (Wildman–Crippen MR) is 106 cm³/mol. The molecule has 1 amide bonds. The summed E-state index contributed by atoms with van der Waals surface area (Å²) in [6, 6.07) is 9.40. The smallest absolute Gasteiger partial charge is 0.226 e. The topological polar surface area (TPSA) is 68.0 Å². The Bertz CT molecular complexity index is 1170. The van der Waals surface area contributed by atoms with Gasteiger partial charge in [-0.05, 0) is 36.4 Å². The molecule has 30 heavy (non-hydrogen) atoms. The summed E-state index contributed by atoms with van der Waals surface area (Å²) in [7, 11) is 0. The van der Waals surface area contributed by atoms with Crippen molar-refractivity contribution in [1.82, 2.24) is 9.97 Å². The Kier molecular flexibility index (Phi) is 5.62. The molecule has 0 fully saturated rings. The van der Waals surface area contributed by atoms with E-state index in [1.54, 1.807) is 17.5 Å². The number of hydrogen-bond donors (Lipinski definition) is 1. The zero-order valence-electron chi connectivity index (χ0n) is 15.4. The number of aromatic nitrogens is 2. The second kappa shape index (κ2) is 8.50. The van der Waals surface area contributed by atoms with Crippen LogP contribution >= 0.6 is 11.3 Å². The highest BCUT2D eigenvalue weighted by Crippen LogP contribution is 2.27. The predicted octanol–water partition coefficient (Wildman–Crippen LogP) is 5.45. The molecular formula is C21H14F3N3O2S. The summed E-state index contributed by atoms with van der Waals surface area (Å²) in [6.45, 7) is 0. The van der Waals surface area contributed by atoms with Gasteiger partial charge in [-0.15, -0.1) is 11.3 Å². The van der Waals surface area contributed by atoms with E-state index in [1.807, 2.05) is 0 Å². The molecule has 4 aromatic rings. The van der Waals surface area contributed by atoms with E-state index >= 15 is 0 Å². The zero-order valence-corrected chi connectivity index (χ0v) is 16.2. The summed E-state index contributed by atoms with van der Waals surface area (Å²) < 4.78 is 46.1. The van der Waals surface area contributed by atoms with E-state index in [2.05, 4.69) is 15.3 Å². The average molecular weight is 429 g/mol. The number of hydrogen-bond acceptors (Lipinski definition) is 5. The fourth-order valence-corrected chi connectivity index (χ4v) is 3.50. The SMILES string of the molecule is O=C(CCc1ncc(-c2c(F)cccc2F)o1)Nc1nc(-c2ccc(F)cc2)cs1. The van der Waals surface area contributed by atoms with Crippen molar-refractivity contribution in [2.45, 2.75) is 12.8 Å². The highest BCUT2D eigenvalue weighted by molar-refractivity contribution is 7.14. The van der Waals surface area contributed by atoms with Gasteiger partial charge in [0.1, 0.15) is 17.5 Å². The van der Waals surface area contributed by atoms with Crippen LogP contribution in [-0.4, -0.2) is 15.9 Å². The molecule has 2 aromatic heterocycles. The Hall–Kier alpha value is -3.46. The van der Waals surface area contributed by atoms with Gasteiger partial charge in [0.2, 0.25) is 5.91 Å². The first-order valence-corrected chi connectivity index (χ1v) is 9.78. The number of carbonyl (C=O) groups is 1. The molecule has 0 saturated heterocycles. The quantitative estimate of drug-likeness (QED) is 0.442. The third kappa shape index (κ3) is 4.41. The minimum Gasteiger partial charge on any atom is -0.441 e. The zero-order chi connectivity index (χ0) is 21.1. The molecule has 0 spiro atoms. The standard InChI is InChI=1S/C21H14F3N3O2S/c22-13-6-4-12(5-7-13)16-11-30-21(26-16)27-18(28)8-9-19-25-10-17(29-19)20-14(23)2-1-3-15(20)24/h1-7,10-11H,8-9H2,(H,26,27,28). The van der Waals surface area contributed by atoms with Gasteiger partial charge < -0.3 is 9.73 Å². The van der Waals surface area contributed by atoms with Crippen molar-refractivity contribution in [2.75, 3.05) is 5.32 Å². The number of rotatable bonds is 6. The Labute approximate surface area is 173 Å². The summed E-state index contributed by atoms with van der Waals surface area (Å²) in [5.41, 5.74) is 1.07. The first-order chi connectivity index (χ1) is 14.5. The molecule has 4 rings (SSSR count). The number of aryl methyl sites for hydroxylation is 1. The maximum absolute atomic E-state index is 13.8. The van der Waals surface area contributed by atoms with Gasteiger partial charge in [-0.2, -0.15) is 0 Å². The minimum absolute atomic E-state index is 0.0372. The third-order valence-corrected chi connectivity index (χ3v) is 4.98. The highest BCUT2D eigenvalue weighted by Gasteiger charge is 2.16. The van der Waals surface area contributed by atoms with Crippen LogP contribution in [0.15, 0.2) is 58.5 Å². The maximum atomic E-state index is 13.8. The average Bonchev–Trinajstić information content (AvgIpc) is 3.37. The van der Waals surface area contributed by atoms with Gasteiger partial charge in [0.25, 0.3) is 0 Å². The number of nitrogens with one attached hydrogen (secondary N) is 1. The maximum Gasteiger partial charge on any atom is 0.226 e. The fraction of sp³-hybridized carbons (Fsp3) is 0.0952. The fourth-order valence-electron chi connectivity index (χ4n) is 2.76. The molecule has 0 radical (unpaired) electrons. The van der Waals surface area contributed by atoms with Gasteiger partial charge in [0.05, 0.1) is 17.5 Å². The summed E-state index contributed by atoms with van der Waals surface area (Å²) >= 11 is 1.24. The summed E-state index contributed by atoms with van der Waals surface area (Å²) in [6.07, 6.45) is 1.42. The van der Waals surface area contributed by atoms with Crippen molar-refractivity contribution < 1.29 is 22.4 Å². The van der Waals surface area contributed by atoms with E-state index in [9.17, 15) is 18.0 Å². The number of benzene rings is 2. The Morgan fingerprint density at radius 3 is 2.53 bits per heavy atom. The van der Waals surface area contributed by atoms with Crippen molar-refractivity contribution in [1.29, 1.82) is 0 Å². The van der Waals surface area contributed by atoms with E-state index in [4.69, 9.17) is 4.42 Å². The van der Waals surface area contributed by atoms with Crippen molar-refractivity contribution in [3.8, 4) is 22.6 Å². The second-order valence-corrected chi connectivity index (χ2v) is 7.17. The molecule has 5 nitrogen and oxygen atoms in total. The molecule has 9 heteroatoms. The Balaban J connectivity index is 1.36. The van der Waals surface area contributed by atoms with E-state index in [0.29, 0.717) is 10.8 Å². The van der Waals surface area contributed by atoms with E-state index in [1.165, 1.54) is 35.7 Å². The first-order valence-electron chi connectivity index (χ1n) is 8.90. The minimum atomic E-state index is -0.754. The number of carbonyl (C=O) groups excluding carboxylic acids is 1. The van der Waals surface area contributed by atoms with Gasteiger partial charge in [-0.25, -0.2) is 23.1 Å². The Morgan fingerprint density at radius 2 is 1.80 bits per heavy atom. The van der Waals surface area contributed by atoms with Gasteiger partial charge in [-0.1, -0.05) is 6.07 Å². The van der Waals surface area contributed by atoms with Gasteiger partial charge >= 0.3 is 0 Å². The number of nitrogens with zero attached hydrogens (tertiary/aromatic N) is 2. The van der Waals surface area contributed by atoms with Gasteiger partial charge in [0, 0.05) is 23.8 Å². The molecule has 152 valence electrons. The lowest BCUT2D eigenvalue weighted by atomic mass is 10.1. The van der Waals surface area contributed by atoms with Crippen LogP contribution in [0.25, 0.3) is 22.6 Å². The van der Waals surface area contributed by atoms with Crippen LogP contribution in [0.2, 0.25) is 0 Å². The number of anilines is 1. The molecule has 0 aliphatic rings. The molecule has 0 unspecified atom stereocenters. The van der Waals surface area contributed by atoms with Crippen molar-refractivity contribution >= 4 is 22.4 Å². The second-order valence-electron chi connectivity index (χ2n) is 6.31. The summed E-state index contributed by atoms with van der Waals surface area (Å²) in [4.78, 5) is 20.5. The monoisotopic (exact) mass is 429 g/mol. The number of oxazole rings is 1. The third-order valence-electron chi connectivity index (χ3n) is 4.22. The largest absolute Gasteiger partial charge is 0.441 e. The Morgan fingerprint density at radius 1 is 1.07 bits per heavy atom. The van der Waals surface area contributed by atoms with Gasteiger partial charge in [-0.3, -0.25) is 4.79 Å². The van der Waals surface area contributed by atoms with E-state index < -0.39 is 11.6 Å². The highest BCUT2D eigenvalue weighted by atomic mass is 32.1. The number of thiazole rings is 1. The molecule has 0 aliphatic carbocycles.